The molecule has 9 heteroatoms. The lowest BCUT2D eigenvalue weighted by atomic mass is 10.3. The van der Waals surface area contributed by atoms with Crippen molar-refractivity contribution < 1.29 is 9.53 Å². The van der Waals surface area contributed by atoms with Gasteiger partial charge in [-0.2, -0.15) is 15.0 Å². The van der Waals surface area contributed by atoms with E-state index in [0.717, 1.165) is 25.9 Å². The van der Waals surface area contributed by atoms with Crippen LogP contribution in [0.4, 0.5) is 17.8 Å². The van der Waals surface area contributed by atoms with Crippen LogP contribution in [0, 0.1) is 0 Å². The maximum atomic E-state index is 11.4. The second-order valence-corrected chi connectivity index (χ2v) is 4.51. The Bertz CT molecular complexity index is 476. The molecule has 1 aliphatic rings. The molecule has 110 valence electrons. The number of aromatic nitrogens is 3. The number of hydrogen-bond donors (Lipinski definition) is 3. The van der Waals surface area contributed by atoms with Gasteiger partial charge in [0, 0.05) is 13.1 Å². The summed E-state index contributed by atoms with van der Waals surface area (Å²) in [4.78, 5) is 26.1. The number of hydrogen-bond acceptors (Lipinski definition) is 9. The number of hydrazine groups is 1. The standard InChI is InChI=1S/C11H19N7O2/c1-7(8(19)20-2)13-9-14-10(17-12)16-11(15-9)18-5-3-4-6-18/h7H,3-6,12H2,1-2H3,(H2,13,14,15,16,17). The number of nitrogens with two attached hydrogens (primary N) is 1. The predicted molar refractivity (Wildman–Crippen MR) is 74.2 cm³/mol. The van der Waals surface area contributed by atoms with Gasteiger partial charge in [-0.3, -0.25) is 5.43 Å². The van der Waals surface area contributed by atoms with Crippen molar-refractivity contribution in [2.45, 2.75) is 25.8 Å². The van der Waals surface area contributed by atoms with Crippen LogP contribution >= 0.6 is 0 Å². The van der Waals surface area contributed by atoms with E-state index in [1.165, 1.54) is 7.11 Å². The molecule has 1 aromatic heterocycles. The summed E-state index contributed by atoms with van der Waals surface area (Å²) in [6, 6.07) is -0.556. The maximum Gasteiger partial charge on any atom is 0.328 e. The van der Waals surface area contributed by atoms with E-state index in [1.54, 1.807) is 6.92 Å². The number of rotatable bonds is 5. The average Bonchev–Trinajstić information content (AvgIpc) is 3.00. The molecule has 2 rings (SSSR count). The largest absolute Gasteiger partial charge is 0.467 e. The van der Waals surface area contributed by atoms with Crippen molar-refractivity contribution in [2.24, 2.45) is 5.84 Å². The van der Waals surface area contributed by atoms with Crippen molar-refractivity contribution in [3.63, 3.8) is 0 Å². The monoisotopic (exact) mass is 281 g/mol. The number of methoxy groups -OCH3 is 1. The first kappa shape index (κ1) is 14.3. The molecular formula is C11H19N7O2. The SMILES string of the molecule is COC(=O)C(C)Nc1nc(NN)nc(N2CCCC2)n1. The van der Waals surface area contributed by atoms with Crippen LogP contribution in [0.5, 0.6) is 0 Å². The lowest BCUT2D eigenvalue weighted by Crippen LogP contribution is -2.29. The third-order valence-corrected chi connectivity index (χ3v) is 3.04. The van der Waals surface area contributed by atoms with Gasteiger partial charge in [0.15, 0.2) is 0 Å². The molecule has 0 radical (unpaired) electrons. The maximum absolute atomic E-state index is 11.4. The Morgan fingerprint density at radius 2 is 1.95 bits per heavy atom. The van der Waals surface area contributed by atoms with E-state index >= 15 is 0 Å². The molecule has 1 aromatic rings. The number of nitrogens with zero attached hydrogens (tertiary/aromatic N) is 4. The van der Waals surface area contributed by atoms with Gasteiger partial charge >= 0.3 is 5.97 Å². The Kier molecular flexibility index (Phi) is 4.51. The molecule has 4 N–H and O–H groups in total. The topological polar surface area (TPSA) is 118 Å². The molecular weight excluding hydrogens is 262 g/mol. The summed E-state index contributed by atoms with van der Waals surface area (Å²) < 4.78 is 4.65. The first-order valence-corrected chi connectivity index (χ1v) is 6.46. The zero-order valence-electron chi connectivity index (χ0n) is 11.6. The molecule has 0 bridgehead atoms. The normalized spacial score (nSPS) is 15.8. The van der Waals surface area contributed by atoms with E-state index in [-0.39, 0.29) is 11.9 Å². The van der Waals surface area contributed by atoms with Crippen LogP contribution in [0.1, 0.15) is 19.8 Å². The highest BCUT2D eigenvalue weighted by Crippen LogP contribution is 2.18. The Balaban J connectivity index is 2.19. The van der Waals surface area contributed by atoms with Gasteiger partial charge in [-0.25, -0.2) is 10.6 Å². The number of nitrogens with one attached hydrogen (secondary N) is 2. The summed E-state index contributed by atoms with van der Waals surface area (Å²) in [7, 11) is 1.33. The minimum absolute atomic E-state index is 0.251. The van der Waals surface area contributed by atoms with Crippen LogP contribution in [0.3, 0.4) is 0 Å². The van der Waals surface area contributed by atoms with E-state index in [1.807, 2.05) is 0 Å². The second-order valence-electron chi connectivity index (χ2n) is 4.51. The molecule has 1 aliphatic heterocycles. The van der Waals surface area contributed by atoms with Gasteiger partial charge in [-0.05, 0) is 19.8 Å². The first-order valence-electron chi connectivity index (χ1n) is 6.46. The molecule has 1 fully saturated rings. The number of nitrogen functional groups attached to an aromatic ring is 1. The Labute approximate surface area is 116 Å². The van der Waals surface area contributed by atoms with Gasteiger partial charge in [0.1, 0.15) is 6.04 Å². The van der Waals surface area contributed by atoms with Crippen LogP contribution in [-0.4, -0.2) is 47.2 Å². The third-order valence-electron chi connectivity index (χ3n) is 3.04. The third kappa shape index (κ3) is 3.23. The molecule has 1 unspecified atom stereocenters. The highest BCUT2D eigenvalue weighted by Gasteiger charge is 2.19. The number of ether oxygens (including phenoxy) is 1. The van der Waals surface area contributed by atoms with Crippen molar-refractivity contribution in [3.05, 3.63) is 0 Å². The smallest absolute Gasteiger partial charge is 0.328 e. The lowest BCUT2D eigenvalue weighted by Gasteiger charge is -2.17. The fourth-order valence-electron chi connectivity index (χ4n) is 1.98. The molecule has 0 saturated carbocycles. The molecule has 9 nitrogen and oxygen atoms in total. The summed E-state index contributed by atoms with van der Waals surface area (Å²) in [5.41, 5.74) is 2.40. The van der Waals surface area contributed by atoms with Crippen LogP contribution in [0.25, 0.3) is 0 Å². The van der Waals surface area contributed by atoms with Gasteiger partial charge in [0.25, 0.3) is 0 Å². The van der Waals surface area contributed by atoms with Gasteiger partial charge in [0.05, 0.1) is 7.11 Å². The van der Waals surface area contributed by atoms with Crippen LogP contribution in [0.2, 0.25) is 0 Å². The van der Waals surface area contributed by atoms with Crippen LogP contribution in [-0.2, 0) is 9.53 Å². The van der Waals surface area contributed by atoms with Crippen molar-refractivity contribution >= 4 is 23.8 Å². The Hall–Kier alpha value is -2.16. The zero-order chi connectivity index (χ0) is 14.5. The molecule has 20 heavy (non-hydrogen) atoms. The quantitative estimate of drug-likeness (QED) is 0.380. The van der Waals surface area contributed by atoms with Crippen molar-refractivity contribution in [1.82, 2.24) is 15.0 Å². The highest BCUT2D eigenvalue weighted by atomic mass is 16.5. The number of anilines is 3. The van der Waals surface area contributed by atoms with E-state index in [9.17, 15) is 4.79 Å². The van der Waals surface area contributed by atoms with E-state index in [4.69, 9.17) is 5.84 Å². The second kappa shape index (κ2) is 6.33. The van der Waals surface area contributed by atoms with Crippen molar-refractivity contribution in [3.8, 4) is 0 Å². The van der Waals surface area contributed by atoms with E-state index < -0.39 is 12.0 Å². The minimum atomic E-state index is -0.556. The minimum Gasteiger partial charge on any atom is -0.467 e. The first-order chi connectivity index (χ1) is 9.63. The Morgan fingerprint density at radius 1 is 1.30 bits per heavy atom. The fourth-order valence-corrected chi connectivity index (χ4v) is 1.98. The molecule has 1 saturated heterocycles. The zero-order valence-corrected chi connectivity index (χ0v) is 11.6. The average molecular weight is 281 g/mol. The molecule has 0 amide bonds. The van der Waals surface area contributed by atoms with E-state index in [0.29, 0.717) is 5.95 Å². The van der Waals surface area contributed by atoms with Gasteiger partial charge in [-0.15, -0.1) is 0 Å². The Morgan fingerprint density at radius 3 is 2.55 bits per heavy atom. The van der Waals surface area contributed by atoms with Crippen LogP contribution in [0.15, 0.2) is 0 Å². The van der Waals surface area contributed by atoms with Gasteiger partial charge < -0.3 is 15.0 Å². The lowest BCUT2D eigenvalue weighted by molar-refractivity contribution is -0.141. The van der Waals surface area contributed by atoms with Crippen molar-refractivity contribution in [1.29, 1.82) is 0 Å². The number of carbonyl (C=O) groups excluding carboxylic acids is 1. The summed E-state index contributed by atoms with van der Waals surface area (Å²) in [6.07, 6.45) is 2.22. The van der Waals surface area contributed by atoms with Gasteiger partial charge in [-0.1, -0.05) is 0 Å². The molecule has 0 aromatic carbocycles. The number of carbonyl (C=O) groups is 1. The fraction of sp³-hybridized carbons (Fsp3) is 0.636. The summed E-state index contributed by atoms with van der Waals surface area (Å²) >= 11 is 0. The van der Waals surface area contributed by atoms with Gasteiger partial charge in [0.2, 0.25) is 17.8 Å². The number of esters is 1. The van der Waals surface area contributed by atoms with E-state index in [2.05, 4.69) is 35.3 Å². The highest BCUT2D eigenvalue weighted by molar-refractivity contribution is 5.78. The van der Waals surface area contributed by atoms with Crippen molar-refractivity contribution in [2.75, 3.05) is 35.8 Å². The van der Waals surface area contributed by atoms with Crippen LogP contribution < -0.4 is 21.5 Å². The predicted octanol–water partition coefficient (Wildman–Crippen LogP) is -0.269. The molecule has 0 aliphatic carbocycles. The summed E-state index contributed by atoms with van der Waals surface area (Å²) in [5, 5.41) is 2.87. The molecule has 1 atom stereocenters. The molecule has 0 spiro atoms. The summed E-state index contributed by atoms with van der Waals surface area (Å²) in [5.74, 6) is 6.05. The summed E-state index contributed by atoms with van der Waals surface area (Å²) in [6.45, 7) is 3.47. The molecule has 2 heterocycles.